The molecule has 1 heteroatoms. The first kappa shape index (κ1) is 32.7. The van der Waals surface area contributed by atoms with Crippen molar-refractivity contribution in [3.05, 3.63) is 221 Å². The summed E-state index contributed by atoms with van der Waals surface area (Å²) in [6.07, 6.45) is 6.90. The number of allylic oxidation sites excluding steroid dienone is 2. The molecule has 2 aliphatic carbocycles. The molecule has 0 N–H and O–H groups in total. The predicted molar refractivity (Wildman–Crippen MR) is 219 cm³/mol. The van der Waals surface area contributed by atoms with Crippen molar-refractivity contribution in [3.8, 4) is 45.7 Å². The smallest absolute Gasteiger partial charge is 0.0725 e. The number of rotatable bonds is 6. The van der Waals surface area contributed by atoms with E-state index in [1.807, 2.05) is 0 Å². The lowest BCUT2D eigenvalue weighted by molar-refractivity contribution is 0.793. The lowest BCUT2D eigenvalue weighted by Crippen LogP contribution is -2.25. The first-order valence-electron chi connectivity index (χ1n) is 17.9. The molecule has 1 nitrogen and oxygen atoms in total. The Labute approximate surface area is 307 Å². The molecule has 0 fully saturated rings. The average Bonchev–Trinajstić information content (AvgIpc) is 3.68. The fourth-order valence-corrected chi connectivity index (χ4v) is 8.19. The van der Waals surface area contributed by atoms with Gasteiger partial charge in [-0.05, 0) is 98.3 Å². The summed E-state index contributed by atoms with van der Waals surface area (Å²) >= 11 is 0. The molecule has 2 aliphatic rings. The summed E-state index contributed by atoms with van der Waals surface area (Å²) in [5.41, 5.74) is 18.3. The standard InChI is InChI=1S/C48H35N.C3H4/c1-33(36-20-14-21-37(31-36)35-18-6-3-7-19-35)30-46(49-32-34-16-4-2-5-17-34)41-25-15-29-45-47(41)40-24-10-13-28-44(40)48(45)42-26-11-8-22-38(42)39-23-9-12-27-43(39)48;1-3-2/h2-31H,32H2,1H3;1H,2H3/b33-30+,49-46?;. The number of aliphatic imine (C=N–C) groups is 1. The van der Waals surface area contributed by atoms with Crippen LogP contribution in [0.1, 0.15) is 52.8 Å². The number of nitrogens with zero attached hydrogens (tertiary/aromatic N) is 1. The minimum absolute atomic E-state index is 0.386. The maximum atomic E-state index is 5.40. The molecule has 0 saturated carbocycles. The second-order valence-electron chi connectivity index (χ2n) is 13.4. The van der Waals surface area contributed by atoms with Crippen LogP contribution in [0.3, 0.4) is 0 Å². The Hall–Kier alpha value is -6.49. The molecule has 7 aromatic carbocycles. The van der Waals surface area contributed by atoms with Crippen LogP contribution in [0.25, 0.3) is 39.0 Å². The van der Waals surface area contributed by atoms with Crippen molar-refractivity contribution in [2.45, 2.75) is 25.8 Å². The molecule has 0 atom stereocenters. The highest BCUT2D eigenvalue weighted by molar-refractivity contribution is 6.17. The lowest BCUT2D eigenvalue weighted by atomic mass is 9.70. The van der Waals surface area contributed by atoms with Gasteiger partial charge in [0.15, 0.2) is 0 Å². The van der Waals surface area contributed by atoms with E-state index in [0.717, 1.165) is 11.3 Å². The van der Waals surface area contributed by atoms with Gasteiger partial charge in [-0.15, -0.1) is 12.3 Å². The predicted octanol–water partition coefficient (Wildman–Crippen LogP) is 12.4. The molecule has 52 heavy (non-hydrogen) atoms. The van der Waals surface area contributed by atoms with Gasteiger partial charge in [0.2, 0.25) is 0 Å². The molecule has 0 heterocycles. The Kier molecular flexibility index (Phi) is 8.82. The van der Waals surface area contributed by atoms with Crippen molar-refractivity contribution in [3.63, 3.8) is 0 Å². The SMILES string of the molecule is C#CC.C/C(=C\C(=NCc1ccccc1)c1cccc2c1-c1ccccc1C21c2ccccc2-c2ccccc21)c1cccc(-c2ccccc2)c1. The number of hydrogen-bond acceptors (Lipinski definition) is 1. The van der Waals surface area contributed by atoms with E-state index in [0.29, 0.717) is 6.54 Å². The van der Waals surface area contributed by atoms with Crippen LogP contribution in [-0.4, -0.2) is 5.71 Å². The summed E-state index contributed by atoms with van der Waals surface area (Å²) in [6.45, 7) is 4.47. The van der Waals surface area contributed by atoms with Crippen molar-refractivity contribution in [2.24, 2.45) is 4.99 Å². The third-order valence-corrected chi connectivity index (χ3v) is 10.4. The quantitative estimate of drug-likeness (QED) is 0.124. The Bertz CT molecular complexity index is 2460. The minimum Gasteiger partial charge on any atom is -0.280 e. The fraction of sp³-hybridized carbons (Fsp3) is 0.0784. The Morgan fingerprint density at radius 2 is 1.08 bits per heavy atom. The molecule has 1 spiro atoms. The molecule has 0 saturated heterocycles. The molecule has 9 rings (SSSR count). The Morgan fingerprint density at radius 1 is 0.577 bits per heavy atom. The first-order valence-corrected chi connectivity index (χ1v) is 17.9. The van der Waals surface area contributed by atoms with Crippen molar-refractivity contribution >= 4 is 11.3 Å². The highest BCUT2D eigenvalue weighted by Gasteiger charge is 2.52. The van der Waals surface area contributed by atoms with Crippen LogP contribution < -0.4 is 0 Å². The Morgan fingerprint density at radius 3 is 1.73 bits per heavy atom. The van der Waals surface area contributed by atoms with Gasteiger partial charge in [0, 0.05) is 5.56 Å². The van der Waals surface area contributed by atoms with Gasteiger partial charge in [-0.3, -0.25) is 4.99 Å². The van der Waals surface area contributed by atoms with E-state index in [1.165, 1.54) is 72.3 Å². The molecular weight excluding hydrogens is 627 g/mol. The zero-order valence-electron chi connectivity index (χ0n) is 29.6. The van der Waals surface area contributed by atoms with E-state index in [9.17, 15) is 0 Å². The third kappa shape index (κ3) is 5.51. The van der Waals surface area contributed by atoms with Crippen molar-refractivity contribution in [1.29, 1.82) is 0 Å². The van der Waals surface area contributed by atoms with Crippen LogP contribution in [0, 0.1) is 12.3 Å². The summed E-state index contributed by atoms with van der Waals surface area (Å²) in [5.74, 6) is 2.25. The zero-order valence-corrected chi connectivity index (χ0v) is 29.6. The van der Waals surface area contributed by atoms with Crippen LogP contribution in [0.4, 0.5) is 0 Å². The normalized spacial score (nSPS) is 13.2. The summed E-state index contributed by atoms with van der Waals surface area (Å²) in [7, 11) is 0. The summed E-state index contributed by atoms with van der Waals surface area (Å²) < 4.78 is 0. The lowest BCUT2D eigenvalue weighted by Gasteiger charge is -2.30. The third-order valence-electron chi connectivity index (χ3n) is 10.4. The molecule has 0 amide bonds. The van der Waals surface area contributed by atoms with E-state index >= 15 is 0 Å². The number of hydrogen-bond donors (Lipinski definition) is 0. The van der Waals surface area contributed by atoms with Crippen LogP contribution in [0.2, 0.25) is 0 Å². The summed E-state index contributed by atoms with van der Waals surface area (Å²) in [5, 5.41) is 0. The van der Waals surface area contributed by atoms with Gasteiger partial charge in [-0.25, -0.2) is 0 Å². The molecule has 0 aromatic heterocycles. The molecule has 0 aliphatic heterocycles. The topological polar surface area (TPSA) is 12.4 Å². The van der Waals surface area contributed by atoms with Crippen LogP contribution in [0.5, 0.6) is 0 Å². The molecule has 7 aromatic rings. The molecular formula is C51H39N. The van der Waals surface area contributed by atoms with E-state index in [4.69, 9.17) is 4.99 Å². The number of benzene rings is 7. The molecule has 0 bridgehead atoms. The monoisotopic (exact) mass is 665 g/mol. The molecule has 248 valence electrons. The van der Waals surface area contributed by atoms with E-state index in [1.54, 1.807) is 6.92 Å². The van der Waals surface area contributed by atoms with Crippen LogP contribution in [0.15, 0.2) is 187 Å². The highest BCUT2D eigenvalue weighted by atomic mass is 14.7. The first-order chi connectivity index (χ1) is 25.6. The van der Waals surface area contributed by atoms with Gasteiger partial charge in [0.1, 0.15) is 0 Å². The van der Waals surface area contributed by atoms with Crippen molar-refractivity contribution in [2.75, 3.05) is 0 Å². The fourth-order valence-electron chi connectivity index (χ4n) is 8.19. The van der Waals surface area contributed by atoms with Gasteiger partial charge < -0.3 is 0 Å². The van der Waals surface area contributed by atoms with E-state index in [-0.39, 0.29) is 5.41 Å². The van der Waals surface area contributed by atoms with Gasteiger partial charge in [0.05, 0.1) is 17.7 Å². The second kappa shape index (κ2) is 14.0. The second-order valence-corrected chi connectivity index (χ2v) is 13.4. The number of terminal acetylenes is 1. The highest BCUT2D eigenvalue weighted by Crippen LogP contribution is 2.63. The molecule has 0 radical (unpaired) electrons. The van der Waals surface area contributed by atoms with Crippen molar-refractivity contribution in [1.82, 2.24) is 0 Å². The minimum atomic E-state index is -0.386. The summed E-state index contributed by atoms with van der Waals surface area (Å²) in [4.78, 5) is 5.40. The van der Waals surface area contributed by atoms with Gasteiger partial charge >= 0.3 is 0 Å². The van der Waals surface area contributed by atoms with E-state index < -0.39 is 0 Å². The molecule has 0 unspecified atom stereocenters. The van der Waals surface area contributed by atoms with E-state index in [2.05, 4.69) is 201 Å². The van der Waals surface area contributed by atoms with Crippen molar-refractivity contribution < 1.29 is 0 Å². The van der Waals surface area contributed by atoms with Crippen LogP contribution in [-0.2, 0) is 12.0 Å². The van der Waals surface area contributed by atoms with Gasteiger partial charge in [-0.1, -0.05) is 170 Å². The summed E-state index contributed by atoms with van der Waals surface area (Å²) in [6, 6.07) is 63.9. The maximum absolute atomic E-state index is 5.40. The van der Waals surface area contributed by atoms with Gasteiger partial charge in [-0.2, -0.15) is 0 Å². The maximum Gasteiger partial charge on any atom is 0.0725 e. The van der Waals surface area contributed by atoms with Crippen LogP contribution >= 0.6 is 0 Å². The van der Waals surface area contributed by atoms with Gasteiger partial charge in [0.25, 0.3) is 0 Å². The largest absolute Gasteiger partial charge is 0.280 e. The number of fused-ring (bicyclic) bond motifs is 10. The Balaban J connectivity index is 0.00000125. The zero-order chi connectivity index (χ0) is 35.5. The average molecular weight is 666 g/mol.